The van der Waals surface area contributed by atoms with Gasteiger partial charge < -0.3 is 15.2 Å². The number of aromatic hydroxyl groups is 1. The third-order valence-corrected chi connectivity index (χ3v) is 3.18. The molecule has 1 unspecified atom stereocenters. The van der Waals surface area contributed by atoms with E-state index in [2.05, 4.69) is 26.1 Å². The van der Waals surface area contributed by atoms with Gasteiger partial charge in [-0.3, -0.25) is 0 Å². The maximum Gasteiger partial charge on any atom is 0.160 e. The number of hydrogen-bond donors (Lipinski definition) is 2. The Bertz CT molecular complexity index is 350. The van der Waals surface area contributed by atoms with Crippen molar-refractivity contribution in [1.29, 1.82) is 0 Å². The average Bonchev–Trinajstić information content (AvgIpc) is 2.29. The summed E-state index contributed by atoms with van der Waals surface area (Å²) in [7, 11) is 1.55. The van der Waals surface area contributed by atoms with Gasteiger partial charge in [0.2, 0.25) is 0 Å². The van der Waals surface area contributed by atoms with Gasteiger partial charge in [0.1, 0.15) is 0 Å². The molecule has 3 heteroatoms. The van der Waals surface area contributed by atoms with Crippen molar-refractivity contribution < 1.29 is 9.84 Å². The molecule has 0 radical (unpaired) electrons. The zero-order valence-electron chi connectivity index (χ0n) is 11.2. The third kappa shape index (κ3) is 4.27. The Labute approximate surface area is 104 Å². The van der Waals surface area contributed by atoms with Crippen LogP contribution in [-0.2, 0) is 6.54 Å². The first kappa shape index (κ1) is 13.8. The number of hydrogen-bond acceptors (Lipinski definition) is 3. The normalized spacial score (nSPS) is 12.8. The van der Waals surface area contributed by atoms with Crippen molar-refractivity contribution >= 4 is 0 Å². The van der Waals surface area contributed by atoms with Crippen molar-refractivity contribution in [2.75, 3.05) is 13.7 Å². The van der Waals surface area contributed by atoms with E-state index in [1.165, 1.54) is 0 Å². The minimum absolute atomic E-state index is 0.198. The Morgan fingerprint density at radius 3 is 2.53 bits per heavy atom. The summed E-state index contributed by atoms with van der Waals surface area (Å²) in [6, 6.07) is 5.50. The van der Waals surface area contributed by atoms with Crippen LogP contribution in [0, 0.1) is 11.8 Å². The Hall–Kier alpha value is -1.22. The number of methoxy groups -OCH3 is 1. The number of ether oxygens (including phenoxy) is 1. The van der Waals surface area contributed by atoms with Crippen LogP contribution < -0.4 is 10.1 Å². The highest BCUT2D eigenvalue weighted by molar-refractivity contribution is 5.41. The van der Waals surface area contributed by atoms with Gasteiger partial charge in [0.15, 0.2) is 11.5 Å². The zero-order chi connectivity index (χ0) is 12.8. The van der Waals surface area contributed by atoms with Crippen molar-refractivity contribution in [2.45, 2.75) is 27.3 Å². The lowest BCUT2D eigenvalue weighted by Gasteiger charge is -2.16. The first-order valence-corrected chi connectivity index (χ1v) is 6.11. The molecule has 0 aliphatic rings. The van der Waals surface area contributed by atoms with Crippen molar-refractivity contribution in [1.82, 2.24) is 5.32 Å². The van der Waals surface area contributed by atoms with E-state index in [1.54, 1.807) is 19.2 Å². The quantitative estimate of drug-likeness (QED) is 0.799. The molecule has 0 spiro atoms. The van der Waals surface area contributed by atoms with E-state index >= 15 is 0 Å². The summed E-state index contributed by atoms with van der Waals surface area (Å²) in [4.78, 5) is 0. The molecule has 0 fully saturated rings. The molecule has 96 valence electrons. The molecule has 0 saturated carbocycles. The monoisotopic (exact) mass is 237 g/mol. The molecule has 0 aromatic heterocycles. The molecule has 1 atom stereocenters. The van der Waals surface area contributed by atoms with Crippen LogP contribution in [0.15, 0.2) is 18.2 Å². The van der Waals surface area contributed by atoms with E-state index in [0.29, 0.717) is 17.6 Å². The first-order valence-electron chi connectivity index (χ1n) is 6.11. The van der Waals surface area contributed by atoms with Crippen molar-refractivity contribution in [2.24, 2.45) is 11.8 Å². The first-order chi connectivity index (χ1) is 8.04. The maximum atomic E-state index is 9.64. The highest BCUT2D eigenvalue weighted by Gasteiger charge is 2.07. The third-order valence-electron chi connectivity index (χ3n) is 3.18. The summed E-state index contributed by atoms with van der Waals surface area (Å²) in [5.41, 5.74) is 1.07. The standard InChI is InChI=1S/C14H23NO2/c1-10(2)11(3)8-15-9-12-5-6-14(17-4)13(16)7-12/h5-7,10-11,15-16H,8-9H2,1-4H3. The highest BCUT2D eigenvalue weighted by Crippen LogP contribution is 2.26. The summed E-state index contributed by atoms with van der Waals surface area (Å²) < 4.78 is 5.00. The van der Waals surface area contributed by atoms with Crippen LogP contribution in [0.25, 0.3) is 0 Å². The van der Waals surface area contributed by atoms with Crippen LogP contribution in [-0.4, -0.2) is 18.8 Å². The van der Waals surface area contributed by atoms with E-state index in [-0.39, 0.29) is 5.75 Å². The van der Waals surface area contributed by atoms with Crippen LogP contribution in [0.2, 0.25) is 0 Å². The summed E-state index contributed by atoms with van der Waals surface area (Å²) in [6.07, 6.45) is 0. The number of benzene rings is 1. The van der Waals surface area contributed by atoms with E-state index in [4.69, 9.17) is 4.74 Å². The fourth-order valence-electron chi connectivity index (χ4n) is 1.53. The smallest absolute Gasteiger partial charge is 0.160 e. The van der Waals surface area contributed by atoms with Crippen LogP contribution in [0.5, 0.6) is 11.5 Å². The van der Waals surface area contributed by atoms with E-state index < -0.39 is 0 Å². The second kappa shape index (κ2) is 6.50. The van der Waals surface area contributed by atoms with Crippen molar-refractivity contribution in [3.05, 3.63) is 23.8 Å². The fourth-order valence-corrected chi connectivity index (χ4v) is 1.53. The molecule has 3 nitrogen and oxygen atoms in total. The lowest BCUT2D eigenvalue weighted by molar-refractivity contribution is 0.372. The molecular weight excluding hydrogens is 214 g/mol. The lowest BCUT2D eigenvalue weighted by atomic mass is 9.98. The summed E-state index contributed by atoms with van der Waals surface area (Å²) in [5, 5.41) is 13.0. The van der Waals surface area contributed by atoms with Gasteiger partial charge in [-0.1, -0.05) is 26.8 Å². The Morgan fingerprint density at radius 1 is 1.29 bits per heavy atom. The summed E-state index contributed by atoms with van der Waals surface area (Å²) in [6.45, 7) is 8.46. The van der Waals surface area contributed by atoms with E-state index in [1.807, 2.05) is 6.07 Å². The van der Waals surface area contributed by atoms with Gasteiger partial charge in [0, 0.05) is 6.54 Å². The molecule has 0 aliphatic heterocycles. The van der Waals surface area contributed by atoms with Crippen molar-refractivity contribution in [3.63, 3.8) is 0 Å². The van der Waals surface area contributed by atoms with Gasteiger partial charge >= 0.3 is 0 Å². The SMILES string of the molecule is COc1ccc(CNCC(C)C(C)C)cc1O. The van der Waals surface area contributed by atoms with Crippen LogP contribution >= 0.6 is 0 Å². The van der Waals surface area contributed by atoms with Gasteiger partial charge in [-0.25, -0.2) is 0 Å². The highest BCUT2D eigenvalue weighted by atomic mass is 16.5. The molecule has 0 bridgehead atoms. The second-order valence-electron chi connectivity index (χ2n) is 4.86. The van der Waals surface area contributed by atoms with Crippen molar-refractivity contribution in [3.8, 4) is 11.5 Å². The number of rotatable bonds is 6. The predicted molar refractivity (Wildman–Crippen MR) is 70.4 cm³/mol. The molecule has 0 saturated heterocycles. The van der Waals surface area contributed by atoms with Gasteiger partial charge in [-0.15, -0.1) is 0 Å². The molecule has 1 aromatic carbocycles. The number of phenolic OH excluding ortho intramolecular Hbond substituents is 1. The molecule has 1 aromatic rings. The minimum Gasteiger partial charge on any atom is -0.504 e. The molecule has 0 amide bonds. The fraction of sp³-hybridized carbons (Fsp3) is 0.571. The Kier molecular flexibility index (Phi) is 5.29. The van der Waals surface area contributed by atoms with Gasteiger partial charge in [0.05, 0.1) is 7.11 Å². The van der Waals surface area contributed by atoms with Gasteiger partial charge in [0.25, 0.3) is 0 Å². The Morgan fingerprint density at radius 2 is 2.00 bits per heavy atom. The zero-order valence-corrected chi connectivity index (χ0v) is 11.2. The van der Waals surface area contributed by atoms with Gasteiger partial charge in [-0.2, -0.15) is 0 Å². The molecule has 1 rings (SSSR count). The number of phenols is 1. The van der Waals surface area contributed by atoms with E-state index in [9.17, 15) is 5.11 Å². The van der Waals surface area contributed by atoms with Gasteiger partial charge in [-0.05, 0) is 36.1 Å². The molecular formula is C14H23NO2. The topological polar surface area (TPSA) is 41.5 Å². The molecule has 17 heavy (non-hydrogen) atoms. The lowest BCUT2D eigenvalue weighted by Crippen LogP contribution is -2.23. The van der Waals surface area contributed by atoms with Crippen LogP contribution in [0.4, 0.5) is 0 Å². The Balaban J connectivity index is 2.45. The second-order valence-corrected chi connectivity index (χ2v) is 4.86. The largest absolute Gasteiger partial charge is 0.504 e. The van der Waals surface area contributed by atoms with Crippen LogP contribution in [0.1, 0.15) is 26.3 Å². The molecule has 0 heterocycles. The average molecular weight is 237 g/mol. The maximum absolute atomic E-state index is 9.64. The summed E-state index contributed by atoms with van der Waals surface area (Å²) in [5.74, 6) is 2.06. The van der Waals surface area contributed by atoms with E-state index in [0.717, 1.165) is 18.7 Å². The van der Waals surface area contributed by atoms with Crippen LogP contribution in [0.3, 0.4) is 0 Å². The summed E-state index contributed by atoms with van der Waals surface area (Å²) >= 11 is 0. The predicted octanol–water partition coefficient (Wildman–Crippen LogP) is 2.78. The number of nitrogens with one attached hydrogen (secondary N) is 1. The molecule has 2 N–H and O–H groups in total. The molecule has 0 aliphatic carbocycles. The minimum atomic E-state index is 0.198.